The fourth-order valence-corrected chi connectivity index (χ4v) is 3.55. The van der Waals surface area contributed by atoms with Gasteiger partial charge < -0.3 is 10.2 Å². The molecule has 136 valence electrons. The number of benzene rings is 1. The number of likely N-dealkylation sites (tertiary alicyclic amines) is 1. The predicted molar refractivity (Wildman–Crippen MR) is 94.6 cm³/mol. The summed E-state index contributed by atoms with van der Waals surface area (Å²) in [6.07, 6.45) is 3.79. The zero-order chi connectivity index (χ0) is 18.3. The van der Waals surface area contributed by atoms with Crippen LogP contribution >= 0.6 is 0 Å². The van der Waals surface area contributed by atoms with E-state index >= 15 is 0 Å². The van der Waals surface area contributed by atoms with Crippen molar-refractivity contribution in [1.29, 1.82) is 0 Å². The molecule has 2 N–H and O–H groups in total. The topological polar surface area (TPSA) is 95.6 Å². The summed E-state index contributed by atoms with van der Waals surface area (Å²) >= 11 is 0. The van der Waals surface area contributed by atoms with Crippen LogP contribution in [0, 0.1) is 0 Å². The Hall–Kier alpha value is -2.19. The lowest BCUT2D eigenvalue weighted by Crippen LogP contribution is -2.32. The average Bonchev–Trinajstić information content (AvgIpc) is 3.14. The maximum atomic E-state index is 12.1. The maximum Gasteiger partial charge on any atom is 0.251 e. The Balaban J connectivity index is 1.85. The van der Waals surface area contributed by atoms with Crippen molar-refractivity contribution in [2.45, 2.75) is 24.2 Å². The zero-order valence-electron chi connectivity index (χ0n) is 14.0. The Morgan fingerprint density at radius 1 is 1.16 bits per heavy atom. The molecule has 1 aromatic rings. The van der Waals surface area contributed by atoms with E-state index < -0.39 is 10.0 Å². The summed E-state index contributed by atoms with van der Waals surface area (Å²) in [6, 6.07) is 5.63. The molecule has 0 saturated carbocycles. The number of hydrogen-bond donors (Lipinski definition) is 2. The predicted octanol–water partition coefficient (Wildman–Crippen LogP) is 0.893. The summed E-state index contributed by atoms with van der Waals surface area (Å²) in [4.78, 5) is 25.9. The number of nitrogens with zero attached hydrogens (tertiary/aromatic N) is 1. The van der Waals surface area contributed by atoms with Crippen molar-refractivity contribution in [2.75, 3.05) is 26.2 Å². The summed E-state index contributed by atoms with van der Waals surface area (Å²) in [6.45, 7) is 5.44. The smallest absolute Gasteiger partial charge is 0.251 e. The maximum absolute atomic E-state index is 12.1. The van der Waals surface area contributed by atoms with E-state index in [2.05, 4.69) is 16.6 Å². The molecule has 0 bridgehead atoms. The second-order valence-corrected chi connectivity index (χ2v) is 7.53. The van der Waals surface area contributed by atoms with Crippen LogP contribution in [-0.4, -0.2) is 51.3 Å². The molecule has 25 heavy (non-hydrogen) atoms. The van der Waals surface area contributed by atoms with Crippen molar-refractivity contribution >= 4 is 21.8 Å². The highest BCUT2D eigenvalue weighted by Gasteiger charge is 2.18. The van der Waals surface area contributed by atoms with Crippen molar-refractivity contribution in [3.8, 4) is 0 Å². The van der Waals surface area contributed by atoms with Crippen LogP contribution in [0.15, 0.2) is 41.8 Å². The van der Waals surface area contributed by atoms with E-state index in [1.165, 1.54) is 30.3 Å². The van der Waals surface area contributed by atoms with Crippen LogP contribution in [0.5, 0.6) is 0 Å². The van der Waals surface area contributed by atoms with E-state index in [1.807, 2.05) is 4.90 Å². The first-order valence-corrected chi connectivity index (χ1v) is 9.69. The van der Waals surface area contributed by atoms with Gasteiger partial charge in [-0.1, -0.05) is 6.08 Å². The second kappa shape index (κ2) is 8.77. The summed E-state index contributed by atoms with van der Waals surface area (Å²) in [7, 11) is -3.61. The Morgan fingerprint density at radius 2 is 1.80 bits per heavy atom. The van der Waals surface area contributed by atoms with Gasteiger partial charge >= 0.3 is 0 Å². The summed E-state index contributed by atoms with van der Waals surface area (Å²) in [5.74, 6) is -0.287. The van der Waals surface area contributed by atoms with Gasteiger partial charge in [-0.15, -0.1) is 6.58 Å². The lowest BCUT2D eigenvalue weighted by atomic mass is 10.2. The molecule has 2 amide bonds. The molecule has 8 heteroatoms. The molecule has 7 nitrogen and oxygen atoms in total. The number of hydrogen-bond acceptors (Lipinski definition) is 4. The number of rotatable bonds is 8. The molecule has 0 radical (unpaired) electrons. The van der Waals surface area contributed by atoms with Crippen LogP contribution in [0.1, 0.15) is 29.6 Å². The first-order valence-electron chi connectivity index (χ1n) is 8.20. The van der Waals surface area contributed by atoms with E-state index in [0.29, 0.717) is 5.56 Å². The van der Waals surface area contributed by atoms with Crippen molar-refractivity contribution in [1.82, 2.24) is 14.9 Å². The van der Waals surface area contributed by atoms with Crippen LogP contribution in [-0.2, 0) is 14.8 Å². The molecule has 1 aliphatic rings. The molecule has 1 heterocycles. The van der Waals surface area contributed by atoms with Gasteiger partial charge in [0.05, 0.1) is 4.90 Å². The van der Waals surface area contributed by atoms with Crippen LogP contribution in [0.4, 0.5) is 0 Å². The van der Waals surface area contributed by atoms with Gasteiger partial charge in [-0.05, 0) is 37.1 Å². The summed E-state index contributed by atoms with van der Waals surface area (Å²) in [5, 5.41) is 2.68. The highest BCUT2D eigenvalue weighted by molar-refractivity contribution is 7.89. The van der Waals surface area contributed by atoms with Gasteiger partial charge in [0.2, 0.25) is 15.9 Å². The molecule has 0 unspecified atom stereocenters. The minimum absolute atomic E-state index is 0.0486. The zero-order valence-corrected chi connectivity index (χ0v) is 14.8. The van der Waals surface area contributed by atoms with Crippen molar-refractivity contribution in [3.63, 3.8) is 0 Å². The average molecular weight is 365 g/mol. The molecule has 1 saturated heterocycles. The van der Waals surface area contributed by atoms with Gasteiger partial charge in [0.25, 0.3) is 5.91 Å². The monoisotopic (exact) mass is 365 g/mol. The molecule has 2 rings (SSSR count). The minimum atomic E-state index is -3.61. The van der Waals surface area contributed by atoms with E-state index in [9.17, 15) is 18.0 Å². The SMILES string of the molecule is C=CCNS(=O)(=O)c1ccc(C(=O)NCCC(=O)N2CCCC2)cc1. The molecule has 0 spiro atoms. The fraction of sp³-hybridized carbons (Fsp3) is 0.412. The molecular weight excluding hydrogens is 342 g/mol. The third kappa shape index (κ3) is 5.40. The van der Waals surface area contributed by atoms with E-state index in [1.54, 1.807) is 0 Å². The Kier molecular flexibility index (Phi) is 6.72. The van der Waals surface area contributed by atoms with Gasteiger partial charge in [0, 0.05) is 38.2 Å². The number of carbonyl (C=O) groups is 2. The van der Waals surface area contributed by atoms with Gasteiger partial charge in [0.15, 0.2) is 0 Å². The number of nitrogens with one attached hydrogen (secondary N) is 2. The van der Waals surface area contributed by atoms with Crippen molar-refractivity contribution in [3.05, 3.63) is 42.5 Å². The van der Waals surface area contributed by atoms with Crippen LogP contribution in [0.25, 0.3) is 0 Å². The van der Waals surface area contributed by atoms with E-state index in [4.69, 9.17) is 0 Å². The Morgan fingerprint density at radius 3 is 2.40 bits per heavy atom. The second-order valence-electron chi connectivity index (χ2n) is 5.76. The third-order valence-corrected chi connectivity index (χ3v) is 5.37. The molecular formula is C17H23N3O4S. The van der Waals surface area contributed by atoms with Crippen molar-refractivity contribution in [2.24, 2.45) is 0 Å². The molecule has 1 aromatic carbocycles. The normalized spacial score (nSPS) is 14.3. The quantitative estimate of drug-likeness (QED) is 0.669. The summed E-state index contributed by atoms with van der Waals surface area (Å²) < 4.78 is 26.2. The fourth-order valence-electron chi connectivity index (χ4n) is 2.55. The van der Waals surface area contributed by atoms with Crippen LogP contribution in [0.2, 0.25) is 0 Å². The number of sulfonamides is 1. The minimum Gasteiger partial charge on any atom is -0.352 e. The van der Waals surface area contributed by atoms with Gasteiger partial charge in [-0.2, -0.15) is 0 Å². The summed E-state index contributed by atoms with van der Waals surface area (Å²) in [5.41, 5.74) is 0.344. The lowest BCUT2D eigenvalue weighted by Gasteiger charge is -2.15. The van der Waals surface area contributed by atoms with Crippen LogP contribution < -0.4 is 10.0 Å². The van der Waals surface area contributed by atoms with Crippen LogP contribution in [0.3, 0.4) is 0 Å². The van der Waals surface area contributed by atoms with Crippen molar-refractivity contribution < 1.29 is 18.0 Å². The van der Waals surface area contributed by atoms with E-state index in [0.717, 1.165) is 25.9 Å². The third-order valence-electron chi connectivity index (χ3n) is 3.93. The molecule has 1 fully saturated rings. The number of carbonyl (C=O) groups excluding carboxylic acids is 2. The first-order chi connectivity index (χ1) is 11.9. The molecule has 0 aliphatic carbocycles. The first kappa shape index (κ1) is 19.1. The van der Waals surface area contributed by atoms with Gasteiger partial charge in [-0.3, -0.25) is 9.59 Å². The number of amides is 2. The van der Waals surface area contributed by atoms with E-state index in [-0.39, 0.29) is 36.2 Å². The molecule has 1 aliphatic heterocycles. The Labute approximate surface area is 148 Å². The lowest BCUT2D eigenvalue weighted by molar-refractivity contribution is -0.129. The molecule has 0 aromatic heterocycles. The van der Waals surface area contributed by atoms with Gasteiger partial charge in [0.1, 0.15) is 0 Å². The van der Waals surface area contributed by atoms with Gasteiger partial charge in [-0.25, -0.2) is 13.1 Å². The Bertz CT molecular complexity index is 723. The standard InChI is InChI=1S/C17H23N3O4S/c1-2-10-19-25(23,24)15-7-5-14(6-8-15)17(22)18-11-9-16(21)20-12-3-4-13-20/h2,5-8,19H,1,3-4,9-13H2,(H,18,22). The highest BCUT2D eigenvalue weighted by Crippen LogP contribution is 2.11. The largest absolute Gasteiger partial charge is 0.352 e. The molecule has 0 atom stereocenters. The highest BCUT2D eigenvalue weighted by atomic mass is 32.2.